The van der Waals surface area contributed by atoms with Crippen molar-refractivity contribution in [3.05, 3.63) is 29.6 Å². The summed E-state index contributed by atoms with van der Waals surface area (Å²) < 4.78 is 0. The van der Waals surface area contributed by atoms with Gasteiger partial charge in [-0.15, -0.1) is 0 Å². The number of carbonyl (C=O) groups is 12. The SMILES string of the molecule is CC[C@@H]1NC(=O)[C@H]([C@H](O)[C@H](C)Cc2nc3ccc(C(=O)NN)cc3[nH]2)N(C)C(=O)[C@H](C(C)C)N(C)C(=O)[C@H](CC(C)C)N(C)C(=O)[C@H](CC(C)C)N(C)C(=O)[C@@H](C)NC(=O)[C@H](C)NC(=O)[C@H](CC(C)C)N(C)C(=O)[C@H](C(C)C)NC(=O)[C@H](CC(C)C)N(C)C(=O)CN(C)C1=O. The topological polar surface area (TPSA) is 363 Å². The number of nitrogens with zero attached hydrogens (tertiary/aromatic N) is 8. The number of benzene rings is 1. The molecular formula is C67H113N15O13. The Hall–Kier alpha value is -7.75. The molecule has 1 aliphatic rings. The van der Waals surface area contributed by atoms with Crippen molar-refractivity contribution in [2.24, 2.45) is 47.3 Å². The van der Waals surface area contributed by atoms with Gasteiger partial charge in [0.25, 0.3) is 5.91 Å². The molecule has 95 heavy (non-hydrogen) atoms. The lowest BCUT2D eigenvalue weighted by atomic mass is 9.91. The fourth-order valence-corrected chi connectivity index (χ4v) is 12.0. The number of aliphatic hydroxyl groups excluding tert-OH is 1. The van der Waals surface area contributed by atoms with Gasteiger partial charge in [-0.3, -0.25) is 63.0 Å². The molecule has 12 atom stereocenters. The highest BCUT2D eigenvalue weighted by molar-refractivity contribution is 6.00. The number of H-pyrrole nitrogens is 1. The average molecular weight is 1340 g/mol. The predicted molar refractivity (Wildman–Crippen MR) is 360 cm³/mol. The van der Waals surface area contributed by atoms with Gasteiger partial charge in [0, 0.05) is 61.3 Å². The Morgan fingerprint density at radius 1 is 0.547 bits per heavy atom. The van der Waals surface area contributed by atoms with Crippen LogP contribution in [0.15, 0.2) is 18.2 Å². The van der Waals surface area contributed by atoms with Gasteiger partial charge in [0.05, 0.1) is 23.7 Å². The molecule has 28 nitrogen and oxygen atoms in total. The van der Waals surface area contributed by atoms with Gasteiger partial charge in [0.15, 0.2) is 0 Å². The van der Waals surface area contributed by atoms with Gasteiger partial charge >= 0.3 is 0 Å². The molecule has 534 valence electrons. The normalized spacial score (nSPS) is 25.2. The molecule has 12 amide bonds. The van der Waals surface area contributed by atoms with Crippen molar-refractivity contribution in [1.82, 2.24) is 71.0 Å². The predicted octanol–water partition coefficient (Wildman–Crippen LogP) is 2.03. The number of rotatable bonds is 16. The number of aliphatic hydroxyl groups is 1. The molecule has 1 saturated heterocycles. The Balaban J connectivity index is 2.33. The van der Waals surface area contributed by atoms with Gasteiger partial charge < -0.3 is 65.7 Å². The summed E-state index contributed by atoms with van der Waals surface area (Å²) >= 11 is 0. The number of carbonyl (C=O) groups excluding carboxylic acids is 12. The molecule has 1 aliphatic heterocycles. The van der Waals surface area contributed by atoms with Crippen molar-refractivity contribution in [3.63, 3.8) is 0 Å². The van der Waals surface area contributed by atoms with E-state index in [9.17, 15) is 43.5 Å². The van der Waals surface area contributed by atoms with Gasteiger partial charge in [0.2, 0.25) is 65.0 Å². The molecule has 9 N–H and O–H groups in total. The smallest absolute Gasteiger partial charge is 0.265 e. The lowest BCUT2D eigenvalue weighted by Gasteiger charge is -2.41. The second kappa shape index (κ2) is 35.8. The lowest BCUT2D eigenvalue weighted by molar-refractivity contribution is -0.157. The molecule has 1 aromatic heterocycles. The number of amides is 12. The third-order valence-corrected chi connectivity index (χ3v) is 17.8. The largest absolute Gasteiger partial charge is 0.390 e. The van der Waals surface area contributed by atoms with Crippen molar-refractivity contribution in [2.45, 2.75) is 216 Å². The number of fused-ring (bicyclic) bond motifs is 1. The molecule has 2 heterocycles. The highest BCUT2D eigenvalue weighted by Gasteiger charge is 2.46. The number of nitrogens with one attached hydrogen (secondary N) is 6. The minimum absolute atomic E-state index is 0.0122. The second-order valence-electron chi connectivity index (χ2n) is 28.4. The van der Waals surface area contributed by atoms with Gasteiger partial charge in [-0.25, -0.2) is 10.8 Å². The first-order chi connectivity index (χ1) is 44.0. The maximum atomic E-state index is 15.5. The fraction of sp³-hybridized carbons (Fsp3) is 0.716. The Morgan fingerprint density at radius 3 is 1.51 bits per heavy atom. The molecule has 3 rings (SSSR count). The van der Waals surface area contributed by atoms with Crippen LogP contribution < -0.4 is 32.5 Å². The minimum atomic E-state index is -1.77. The first-order valence-corrected chi connectivity index (χ1v) is 33.3. The maximum absolute atomic E-state index is 15.5. The number of hydrazine groups is 1. The zero-order valence-corrected chi connectivity index (χ0v) is 60.6. The Labute approximate surface area is 562 Å². The average Bonchev–Trinajstić information content (AvgIpc) is 1.53. The van der Waals surface area contributed by atoms with Crippen molar-refractivity contribution in [1.29, 1.82) is 0 Å². The summed E-state index contributed by atoms with van der Waals surface area (Å²) in [5, 5.41) is 23.5. The van der Waals surface area contributed by atoms with Crippen LogP contribution in [-0.4, -0.2) is 243 Å². The van der Waals surface area contributed by atoms with Crippen molar-refractivity contribution >= 4 is 81.9 Å². The van der Waals surface area contributed by atoms with E-state index >= 15 is 19.2 Å². The van der Waals surface area contributed by atoms with Crippen LogP contribution in [0.1, 0.15) is 159 Å². The van der Waals surface area contributed by atoms with E-state index in [1.807, 2.05) is 55.4 Å². The number of hydrogen-bond donors (Lipinski definition) is 8. The number of imidazole rings is 1. The van der Waals surface area contributed by atoms with E-state index in [0.717, 1.165) is 9.80 Å². The number of nitrogens with two attached hydrogens (primary N) is 1. The number of aromatic amines is 1. The summed E-state index contributed by atoms with van der Waals surface area (Å²) in [7, 11) is 9.75. The van der Waals surface area contributed by atoms with Crippen molar-refractivity contribution < 1.29 is 62.6 Å². The standard InChI is InChI=1S/C67H113N15O13/c1-24-44-63(91)76(17)33-52(83)77(18)47(27-34(2)3)60(88)74-53(38(10)11)66(94)78(19)48(28-35(4)5)59(87)69-41(15)57(85)70-42(16)62(90)79(20)49(29-36(6)7)64(92)80(21)50(30-37(8)9)65(93)81(22)54(39(12)13)67(95)82(23)55(61(89)73-44)56(84)40(14)31-51-71-45-26-25-43(58(86)75-68)32-46(45)72-51/h25-26,32,34-42,44,47-50,53-56,84H,24,27-31,33,68H2,1-23H3,(H,69,87)(H,70,85)(H,71,72)(H,73,89)(H,74,88)(H,75,86)/t40-,41+,42-,44+,47+,48+,49+,50+,53+,54+,55+,56-/m1/s1. The van der Waals surface area contributed by atoms with Gasteiger partial charge in [0.1, 0.15) is 66.2 Å². The number of hydrogen-bond acceptors (Lipinski definition) is 15. The number of nitrogen functional groups attached to an aromatic ring is 1. The van der Waals surface area contributed by atoms with Crippen LogP contribution in [0.2, 0.25) is 0 Å². The zero-order valence-electron chi connectivity index (χ0n) is 60.6. The Morgan fingerprint density at radius 2 is 1.01 bits per heavy atom. The highest BCUT2D eigenvalue weighted by Crippen LogP contribution is 2.27. The summed E-state index contributed by atoms with van der Waals surface area (Å²) in [6.45, 7) is 27.1. The number of aromatic nitrogens is 2. The van der Waals surface area contributed by atoms with Crippen LogP contribution >= 0.6 is 0 Å². The van der Waals surface area contributed by atoms with Gasteiger partial charge in [-0.05, 0) is 106 Å². The van der Waals surface area contributed by atoms with Crippen LogP contribution in [0.3, 0.4) is 0 Å². The molecule has 0 aliphatic carbocycles. The summed E-state index contributed by atoms with van der Waals surface area (Å²) in [6.07, 6.45) is -1.26. The van der Waals surface area contributed by atoms with E-state index in [2.05, 4.69) is 36.7 Å². The van der Waals surface area contributed by atoms with Crippen LogP contribution in [0.4, 0.5) is 0 Å². The summed E-state index contributed by atoms with van der Waals surface area (Å²) in [5.74, 6) is -5.47. The van der Waals surface area contributed by atoms with Crippen molar-refractivity contribution in [3.8, 4) is 0 Å². The molecule has 28 heteroatoms. The summed E-state index contributed by atoms with van der Waals surface area (Å²) in [5.41, 5.74) is 3.28. The quantitative estimate of drug-likeness (QED) is 0.0677. The molecule has 1 fully saturated rings. The van der Waals surface area contributed by atoms with Gasteiger partial charge in [-0.2, -0.15) is 0 Å². The zero-order chi connectivity index (χ0) is 72.7. The van der Waals surface area contributed by atoms with E-state index in [1.54, 1.807) is 53.7 Å². The van der Waals surface area contributed by atoms with Crippen LogP contribution in [0.5, 0.6) is 0 Å². The molecule has 0 saturated carbocycles. The third-order valence-electron chi connectivity index (χ3n) is 17.8. The molecule has 0 bridgehead atoms. The number of likely N-dealkylation sites (N-methyl/N-ethyl adjacent to an activating group) is 7. The van der Waals surface area contributed by atoms with Crippen LogP contribution in [-0.2, 0) is 59.2 Å². The molecule has 0 radical (unpaired) electrons. The Bertz CT molecular complexity index is 3040. The first-order valence-electron chi connectivity index (χ1n) is 33.3. The monoisotopic (exact) mass is 1340 g/mol. The molecule has 0 unspecified atom stereocenters. The third kappa shape index (κ3) is 21.4. The van der Waals surface area contributed by atoms with Crippen LogP contribution in [0.25, 0.3) is 11.0 Å². The lowest BCUT2D eigenvalue weighted by Crippen LogP contribution is -2.63. The molecule has 0 spiro atoms. The van der Waals surface area contributed by atoms with Crippen molar-refractivity contribution in [2.75, 3.05) is 55.9 Å². The summed E-state index contributed by atoms with van der Waals surface area (Å²) in [6, 6.07) is -8.23. The van der Waals surface area contributed by atoms with E-state index in [4.69, 9.17) is 5.84 Å². The van der Waals surface area contributed by atoms with E-state index in [0.29, 0.717) is 16.9 Å². The molecular weight excluding hydrogens is 1220 g/mol. The first kappa shape index (κ1) is 81.5. The Kier molecular flexibility index (Phi) is 30.7. The second-order valence-corrected chi connectivity index (χ2v) is 28.4. The summed E-state index contributed by atoms with van der Waals surface area (Å²) in [4.78, 5) is 190. The van der Waals surface area contributed by atoms with Gasteiger partial charge in [-0.1, -0.05) is 96.9 Å². The van der Waals surface area contributed by atoms with E-state index in [1.165, 1.54) is 93.7 Å². The van der Waals surface area contributed by atoms with E-state index in [-0.39, 0.29) is 67.8 Å². The van der Waals surface area contributed by atoms with Crippen LogP contribution in [0, 0.1) is 41.4 Å². The molecule has 1 aromatic carbocycles. The molecule has 2 aromatic rings. The minimum Gasteiger partial charge on any atom is -0.390 e. The van der Waals surface area contributed by atoms with E-state index < -0.39 is 162 Å². The maximum Gasteiger partial charge on any atom is 0.265 e. The fourth-order valence-electron chi connectivity index (χ4n) is 12.0. The highest BCUT2D eigenvalue weighted by atomic mass is 16.3.